The lowest BCUT2D eigenvalue weighted by molar-refractivity contribution is 0.258. The highest BCUT2D eigenvalue weighted by atomic mass is 32.2. The maximum atomic E-state index is 13.0. The molecule has 4 aromatic rings. The van der Waals surface area contributed by atoms with Crippen LogP contribution in [0.4, 0.5) is 10.5 Å². The monoisotopic (exact) mass is 538 g/mol. The van der Waals surface area contributed by atoms with Crippen molar-refractivity contribution < 1.29 is 22.7 Å². The summed E-state index contributed by atoms with van der Waals surface area (Å²) in [4.78, 5) is 27.2. The molecule has 0 saturated heterocycles. The van der Waals surface area contributed by atoms with Crippen molar-refractivity contribution in [2.75, 3.05) is 17.9 Å². The van der Waals surface area contributed by atoms with E-state index in [2.05, 4.69) is 15.0 Å². The van der Waals surface area contributed by atoms with Crippen LogP contribution in [0.25, 0.3) is 11.0 Å². The topological polar surface area (TPSA) is 138 Å². The van der Waals surface area contributed by atoms with E-state index in [-0.39, 0.29) is 22.2 Å². The predicted molar refractivity (Wildman–Crippen MR) is 143 cm³/mol. The van der Waals surface area contributed by atoms with Gasteiger partial charge in [-0.05, 0) is 31.0 Å². The zero-order valence-corrected chi connectivity index (χ0v) is 22.0. The van der Waals surface area contributed by atoms with Gasteiger partial charge in [-0.15, -0.1) is 0 Å². The van der Waals surface area contributed by atoms with Gasteiger partial charge in [-0.1, -0.05) is 6.07 Å². The van der Waals surface area contributed by atoms with Gasteiger partial charge in [0.15, 0.2) is 24.4 Å². The van der Waals surface area contributed by atoms with Gasteiger partial charge in [0.25, 0.3) is 10.0 Å². The zero-order valence-electron chi connectivity index (χ0n) is 21.2. The third kappa shape index (κ3) is 6.02. The van der Waals surface area contributed by atoms with Crippen LogP contribution in [-0.4, -0.2) is 53.9 Å². The molecule has 198 valence electrons. The Hall–Kier alpha value is -4.20. The molecule has 2 aromatic carbocycles. The second kappa shape index (κ2) is 11.0. The summed E-state index contributed by atoms with van der Waals surface area (Å²) in [6.07, 6.45) is 4.17. The van der Waals surface area contributed by atoms with Crippen LogP contribution in [0, 0.1) is 0 Å². The van der Waals surface area contributed by atoms with Crippen molar-refractivity contribution >= 4 is 40.4 Å². The molecule has 38 heavy (non-hydrogen) atoms. The smallest absolute Gasteiger partial charge is 0.328 e. The Labute approximate surface area is 220 Å². The minimum absolute atomic E-state index is 0.137. The lowest BCUT2D eigenvalue weighted by Gasteiger charge is -2.15. The van der Waals surface area contributed by atoms with Crippen LogP contribution in [-0.2, 0) is 31.2 Å². The molecule has 0 fully saturated rings. The summed E-state index contributed by atoms with van der Waals surface area (Å²) in [5.74, 6) is 0.574. The van der Waals surface area contributed by atoms with Gasteiger partial charge < -0.3 is 19.4 Å². The number of imidazole rings is 2. The number of aromatic nitrogens is 4. The highest BCUT2D eigenvalue weighted by Crippen LogP contribution is 2.35. The minimum Gasteiger partial charge on any atom is -0.493 e. The summed E-state index contributed by atoms with van der Waals surface area (Å²) in [6, 6.07) is 10.0. The van der Waals surface area contributed by atoms with E-state index in [9.17, 15) is 18.0 Å². The summed E-state index contributed by atoms with van der Waals surface area (Å²) >= 11 is 0. The van der Waals surface area contributed by atoms with E-state index in [1.165, 1.54) is 26.2 Å². The third-order valence-electron chi connectivity index (χ3n) is 5.75. The molecule has 2 heterocycles. The predicted octanol–water partition coefficient (Wildman–Crippen LogP) is 2.24. The number of hydrogen-bond donors (Lipinski definition) is 2. The Morgan fingerprint density at radius 3 is 2.45 bits per heavy atom. The van der Waals surface area contributed by atoms with Gasteiger partial charge in [-0.2, -0.15) is 8.42 Å². The fourth-order valence-electron chi connectivity index (χ4n) is 3.80. The quantitative estimate of drug-likeness (QED) is 0.221. The maximum absolute atomic E-state index is 13.0. The van der Waals surface area contributed by atoms with E-state index in [0.717, 1.165) is 0 Å². The molecule has 2 aromatic heterocycles. The molecule has 1 amide bonds. The molecule has 4 rings (SSSR count). The van der Waals surface area contributed by atoms with Crippen molar-refractivity contribution in [3.63, 3.8) is 0 Å². The number of fused-ring (bicyclic) bond motifs is 1. The Morgan fingerprint density at radius 2 is 1.76 bits per heavy atom. The first-order valence-corrected chi connectivity index (χ1v) is 13.2. The Kier molecular flexibility index (Phi) is 7.81. The second-order valence-electron chi connectivity index (χ2n) is 8.64. The molecule has 0 aliphatic heterocycles. The minimum atomic E-state index is -4.04. The van der Waals surface area contributed by atoms with E-state index >= 15 is 0 Å². The van der Waals surface area contributed by atoms with Gasteiger partial charge in [0.2, 0.25) is 0 Å². The number of aryl methyl sites for hydroxylation is 3. The molecule has 2 N–H and O–H groups in total. The van der Waals surface area contributed by atoms with E-state index in [4.69, 9.17) is 17.3 Å². The third-order valence-corrected chi connectivity index (χ3v) is 7.00. The van der Waals surface area contributed by atoms with Gasteiger partial charge >= 0.3 is 5.69 Å². The lowest BCUT2D eigenvalue weighted by atomic mass is 10.1. The van der Waals surface area contributed by atoms with Gasteiger partial charge in [0.05, 0.1) is 29.7 Å². The van der Waals surface area contributed by atoms with Gasteiger partial charge in [-0.3, -0.25) is 18.7 Å². The fourth-order valence-corrected chi connectivity index (χ4v) is 4.84. The molecule has 0 saturated carbocycles. The molecule has 0 bridgehead atoms. The lowest BCUT2D eigenvalue weighted by Crippen LogP contribution is -2.22. The van der Waals surface area contributed by atoms with Gasteiger partial charge in [0.1, 0.15) is 11.5 Å². The number of amides is 1. The molecule has 14 heteroatoms. The number of carbonyl (C=O) groups excluding carboxylic acids is 1. The van der Waals surface area contributed by atoms with E-state index in [1.54, 1.807) is 57.5 Å². The van der Waals surface area contributed by atoms with Crippen molar-refractivity contribution in [3.8, 4) is 17.2 Å². The van der Waals surface area contributed by atoms with Crippen LogP contribution in [0.3, 0.4) is 0 Å². The molecule has 0 spiro atoms. The average Bonchev–Trinajstić information content (AvgIpc) is 3.40. The number of ether oxygens (including phenoxy) is 2. The number of nitrogens with zero attached hydrogens (tertiary/aromatic N) is 4. The average molecular weight is 538 g/mol. The number of sulfonamides is 1. The van der Waals surface area contributed by atoms with E-state index in [1.807, 2.05) is 0 Å². The molecular formula is C24H27BN6O6S. The van der Waals surface area contributed by atoms with Crippen LogP contribution in [0.1, 0.15) is 12.8 Å². The second-order valence-corrected chi connectivity index (χ2v) is 10.3. The zero-order chi connectivity index (χ0) is 27.4. The van der Waals surface area contributed by atoms with Crippen molar-refractivity contribution in [2.24, 2.45) is 21.1 Å². The van der Waals surface area contributed by atoms with Crippen LogP contribution < -0.4 is 25.2 Å². The van der Waals surface area contributed by atoms with Gasteiger partial charge in [-0.25, -0.2) is 9.78 Å². The molecule has 12 nitrogen and oxygen atoms in total. The number of nitrogens with one attached hydrogen (secondary N) is 2. The molecule has 0 atom stereocenters. The Morgan fingerprint density at radius 1 is 1.05 bits per heavy atom. The fraction of sp³-hybridized carbons (Fsp3) is 0.292. The maximum Gasteiger partial charge on any atom is 0.328 e. The summed E-state index contributed by atoms with van der Waals surface area (Å²) < 4.78 is 44.9. The Balaban J connectivity index is 1.60. The van der Waals surface area contributed by atoms with Gasteiger partial charge in [0, 0.05) is 46.0 Å². The largest absolute Gasteiger partial charge is 0.493 e. The molecule has 2 radical (unpaired) electrons. The number of hydrogen-bond acceptors (Lipinski definition) is 7. The van der Waals surface area contributed by atoms with Crippen LogP contribution >= 0.6 is 0 Å². The van der Waals surface area contributed by atoms with Crippen molar-refractivity contribution in [1.29, 1.82) is 0 Å². The van der Waals surface area contributed by atoms with Crippen molar-refractivity contribution in [3.05, 3.63) is 59.4 Å². The number of rotatable bonds is 11. The summed E-state index contributed by atoms with van der Waals surface area (Å²) in [7, 11) is 5.90. The van der Waals surface area contributed by atoms with Crippen LogP contribution in [0.2, 0.25) is 0 Å². The van der Waals surface area contributed by atoms with Crippen LogP contribution in [0.15, 0.2) is 58.7 Å². The van der Waals surface area contributed by atoms with E-state index in [0.29, 0.717) is 48.5 Å². The van der Waals surface area contributed by atoms with E-state index < -0.39 is 15.8 Å². The highest BCUT2D eigenvalue weighted by Gasteiger charge is 2.22. The standard InChI is InChI=1S/C24H27BN6O6S/c1-29-14-22(27-15-29)38(34,35)28-18-12-19-20(31(3)24(33)30(19)2)13-21(18)37-17-8-6-7-16(11-17)36-10-5-4-9-26-23(25)32/h6-8,11-15,28H,4-5,9-10H2,1-3H3,(H,26,32). The highest BCUT2D eigenvalue weighted by molar-refractivity contribution is 7.92. The SMILES string of the molecule is [B]C(=O)NCCCCOc1cccc(Oc2cc3c(cc2NS(=O)(=O)c2cn(C)cn2)n(C)c(=O)n3C)c1. The van der Waals surface area contributed by atoms with Crippen LogP contribution in [0.5, 0.6) is 17.2 Å². The molecule has 0 unspecified atom stereocenters. The summed E-state index contributed by atoms with van der Waals surface area (Å²) in [5, 5.41) is 2.36. The normalized spacial score (nSPS) is 11.4. The first kappa shape index (κ1) is 26.9. The molecular weight excluding hydrogens is 511 g/mol. The van der Waals surface area contributed by atoms with Crippen molar-refractivity contribution in [2.45, 2.75) is 17.9 Å². The number of benzene rings is 2. The number of unbranched alkanes of at least 4 members (excludes halogenated alkanes) is 1. The summed E-state index contributed by atoms with van der Waals surface area (Å²) in [6.45, 7) is 0.876. The van der Waals surface area contributed by atoms with Crippen molar-refractivity contribution in [1.82, 2.24) is 24.0 Å². The molecule has 0 aliphatic carbocycles. The Bertz CT molecular complexity index is 1640. The number of anilines is 1. The summed E-state index contributed by atoms with van der Waals surface area (Å²) in [5.41, 5.74) is 0.950. The first-order chi connectivity index (χ1) is 18.0. The first-order valence-electron chi connectivity index (χ1n) is 11.7. The number of carbonyl (C=O) groups is 1. The molecule has 0 aliphatic rings.